The molecule has 4 rings (SSSR count). The second-order valence-electron chi connectivity index (χ2n) is 10.9. The van der Waals surface area contributed by atoms with Crippen LogP contribution >= 0.6 is 0 Å². The molecule has 0 saturated heterocycles. The molecular formula is C33H36F3N3O4S. The van der Waals surface area contributed by atoms with Crippen LogP contribution in [0.2, 0.25) is 0 Å². The van der Waals surface area contributed by atoms with Gasteiger partial charge in [-0.25, -0.2) is 8.42 Å². The van der Waals surface area contributed by atoms with E-state index in [1.54, 1.807) is 25.9 Å². The van der Waals surface area contributed by atoms with Crippen molar-refractivity contribution in [3.63, 3.8) is 0 Å². The van der Waals surface area contributed by atoms with Gasteiger partial charge in [0.1, 0.15) is 5.75 Å². The Morgan fingerprint density at radius 3 is 2.27 bits per heavy atom. The molecule has 0 aliphatic rings. The van der Waals surface area contributed by atoms with Crippen LogP contribution in [0.25, 0.3) is 0 Å². The van der Waals surface area contributed by atoms with Gasteiger partial charge in [0, 0.05) is 31.5 Å². The zero-order valence-corrected chi connectivity index (χ0v) is 25.7. The van der Waals surface area contributed by atoms with Gasteiger partial charge >= 0.3 is 6.18 Å². The van der Waals surface area contributed by atoms with Crippen molar-refractivity contribution in [3.05, 3.63) is 120 Å². The number of rotatable bonds is 13. The molecule has 0 spiro atoms. The summed E-state index contributed by atoms with van der Waals surface area (Å²) < 4.78 is 75.9. The highest BCUT2D eigenvalue weighted by Crippen LogP contribution is 2.31. The average molecular weight is 628 g/mol. The second kappa shape index (κ2) is 14.1. The Kier molecular flexibility index (Phi) is 10.5. The van der Waals surface area contributed by atoms with Crippen LogP contribution in [0.5, 0.6) is 5.75 Å². The van der Waals surface area contributed by atoms with Crippen LogP contribution < -0.4 is 4.74 Å². The molecule has 1 aromatic heterocycles. The number of hydrogen-bond donors (Lipinski definition) is 0. The number of nitrogens with zero attached hydrogens (tertiary/aromatic N) is 3. The molecule has 1 amide bonds. The average Bonchev–Trinajstić information content (AvgIpc) is 3.42. The maximum Gasteiger partial charge on any atom is 0.416 e. The predicted octanol–water partition coefficient (Wildman–Crippen LogP) is 6.44. The highest BCUT2D eigenvalue weighted by atomic mass is 32.2. The first-order valence-corrected chi connectivity index (χ1v) is 15.6. The smallest absolute Gasteiger partial charge is 0.416 e. The van der Waals surface area contributed by atoms with Gasteiger partial charge in [0.15, 0.2) is 0 Å². The van der Waals surface area contributed by atoms with Gasteiger partial charge in [0.25, 0.3) is 0 Å². The van der Waals surface area contributed by atoms with Crippen molar-refractivity contribution in [1.29, 1.82) is 0 Å². The molecule has 0 aliphatic heterocycles. The summed E-state index contributed by atoms with van der Waals surface area (Å²) in [5.74, 6) is 0.0644. The minimum Gasteiger partial charge on any atom is -0.497 e. The van der Waals surface area contributed by atoms with Crippen molar-refractivity contribution in [1.82, 2.24) is 13.8 Å². The molecule has 0 N–H and O–H groups in total. The number of aromatic nitrogens is 1. The standard InChI is InChI=1S/C33H36F3N3O4S/c1-25(2)20-39(44(41,42)31-16-8-13-28(19-31)33(34,35)36)24-32(40)38(21-26-10-5-4-6-11-26)23-29-14-9-17-37(29)22-27-12-7-15-30(18-27)43-3/h4-19,25H,20-24H2,1-3H3. The van der Waals surface area contributed by atoms with Crippen LogP contribution in [-0.2, 0) is 40.6 Å². The van der Waals surface area contributed by atoms with E-state index in [4.69, 9.17) is 4.74 Å². The summed E-state index contributed by atoms with van der Waals surface area (Å²) in [7, 11) is -2.83. The quantitative estimate of drug-likeness (QED) is 0.171. The number of carbonyl (C=O) groups excluding carboxylic acids is 1. The summed E-state index contributed by atoms with van der Waals surface area (Å²) in [5.41, 5.74) is 1.60. The summed E-state index contributed by atoms with van der Waals surface area (Å²) in [6.07, 6.45) is -2.81. The van der Waals surface area contributed by atoms with Crippen molar-refractivity contribution in [2.45, 2.75) is 44.6 Å². The van der Waals surface area contributed by atoms with Gasteiger partial charge in [0.05, 0.1) is 30.7 Å². The molecule has 0 fully saturated rings. The maximum atomic E-state index is 13.9. The molecule has 0 saturated carbocycles. The molecule has 11 heteroatoms. The fourth-order valence-electron chi connectivity index (χ4n) is 4.83. The molecule has 7 nitrogen and oxygen atoms in total. The summed E-state index contributed by atoms with van der Waals surface area (Å²) >= 11 is 0. The van der Waals surface area contributed by atoms with Gasteiger partial charge in [-0.1, -0.05) is 62.4 Å². The molecule has 0 radical (unpaired) electrons. The van der Waals surface area contributed by atoms with Crippen molar-refractivity contribution in [2.75, 3.05) is 20.2 Å². The zero-order valence-electron chi connectivity index (χ0n) is 24.9. The summed E-state index contributed by atoms with van der Waals surface area (Å²) in [6.45, 7) is 3.91. The Bertz CT molecular complexity index is 1650. The van der Waals surface area contributed by atoms with E-state index in [0.717, 1.165) is 45.1 Å². The fourth-order valence-corrected chi connectivity index (χ4v) is 6.43. The third-order valence-corrected chi connectivity index (χ3v) is 8.82. The minimum absolute atomic E-state index is 0.0459. The van der Waals surface area contributed by atoms with Crippen LogP contribution in [0.1, 0.15) is 36.2 Å². The number of alkyl halides is 3. The van der Waals surface area contributed by atoms with Gasteiger partial charge in [-0.15, -0.1) is 0 Å². The normalized spacial score (nSPS) is 12.1. The number of amides is 1. The number of ether oxygens (including phenoxy) is 1. The molecular weight excluding hydrogens is 591 g/mol. The van der Waals surface area contributed by atoms with Crippen molar-refractivity contribution >= 4 is 15.9 Å². The molecule has 0 unspecified atom stereocenters. The Balaban J connectivity index is 1.63. The zero-order chi connectivity index (χ0) is 31.9. The molecule has 4 aromatic rings. The number of hydrogen-bond acceptors (Lipinski definition) is 4. The monoisotopic (exact) mass is 627 g/mol. The van der Waals surface area contributed by atoms with E-state index in [0.29, 0.717) is 12.6 Å². The van der Waals surface area contributed by atoms with Crippen molar-refractivity contribution in [3.8, 4) is 5.75 Å². The largest absolute Gasteiger partial charge is 0.497 e. The van der Waals surface area contributed by atoms with E-state index in [9.17, 15) is 26.4 Å². The lowest BCUT2D eigenvalue weighted by Crippen LogP contribution is -2.44. The van der Waals surface area contributed by atoms with Gasteiger partial charge < -0.3 is 14.2 Å². The van der Waals surface area contributed by atoms with Crippen LogP contribution in [-0.4, -0.2) is 48.3 Å². The van der Waals surface area contributed by atoms with Crippen molar-refractivity contribution in [2.24, 2.45) is 5.92 Å². The number of sulfonamides is 1. The van der Waals surface area contributed by atoms with Crippen molar-refractivity contribution < 1.29 is 31.1 Å². The molecule has 0 atom stereocenters. The minimum atomic E-state index is -4.71. The number of halogens is 3. The lowest BCUT2D eigenvalue weighted by atomic mass is 10.2. The number of benzene rings is 3. The van der Waals surface area contributed by atoms with Gasteiger partial charge in [-0.05, 0) is 59.5 Å². The molecule has 0 aliphatic carbocycles. The summed E-state index contributed by atoms with van der Waals surface area (Å²) in [5, 5.41) is 0. The van der Waals surface area contributed by atoms with Crippen LogP contribution in [0, 0.1) is 5.92 Å². The van der Waals surface area contributed by atoms with E-state index in [1.807, 2.05) is 77.5 Å². The first-order chi connectivity index (χ1) is 20.9. The van der Waals surface area contributed by atoms with Gasteiger partial charge in [0.2, 0.25) is 15.9 Å². The topological polar surface area (TPSA) is 71.8 Å². The first kappa shape index (κ1) is 32.8. The van der Waals surface area contributed by atoms with E-state index >= 15 is 0 Å². The van der Waals surface area contributed by atoms with Crippen LogP contribution in [0.15, 0.2) is 102 Å². The summed E-state index contributed by atoms with van der Waals surface area (Å²) in [4.78, 5) is 15.0. The van der Waals surface area contributed by atoms with Gasteiger partial charge in [-0.3, -0.25) is 4.79 Å². The maximum absolute atomic E-state index is 13.9. The van der Waals surface area contributed by atoms with E-state index in [-0.39, 0.29) is 25.6 Å². The lowest BCUT2D eigenvalue weighted by Gasteiger charge is -2.29. The molecule has 44 heavy (non-hydrogen) atoms. The molecule has 3 aromatic carbocycles. The third-order valence-electron chi connectivity index (χ3n) is 7.01. The second-order valence-corrected chi connectivity index (χ2v) is 12.9. The SMILES string of the molecule is COc1cccc(Cn2cccc2CN(Cc2ccccc2)C(=O)CN(CC(C)C)S(=O)(=O)c2cccc(C(F)(F)F)c2)c1. The van der Waals surface area contributed by atoms with E-state index in [1.165, 1.54) is 0 Å². The Hall–Kier alpha value is -4.09. The number of methoxy groups -OCH3 is 1. The Morgan fingerprint density at radius 2 is 1.59 bits per heavy atom. The fraction of sp³-hybridized carbons (Fsp3) is 0.303. The van der Waals surface area contributed by atoms with E-state index < -0.39 is 39.1 Å². The Morgan fingerprint density at radius 1 is 0.886 bits per heavy atom. The predicted molar refractivity (Wildman–Crippen MR) is 162 cm³/mol. The first-order valence-electron chi connectivity index (χ1n) is 14.1. The van der Waals surface area contributed by atoms with E-state index in [2.05, 4.69) is 0 Å². The highest BCUT2D eigenvalue weighted by molar-refractivity contribution is 7.89. The Labute approximate surface area is 256 Å². The van der Waals surface area contributed by atoms with Crippen LogP contribution in [0.4, 0.5) is 13.2 Å². The number of carbonyl (C=O) groups is 1. The third kappa shape index (κ3) is 8.51. The highest BCUT2D eigenvalue weighted by Gasteiger charge is 2.34. The van der Waals surface area contributed by atoms with Crippen LogP contribution in [0.3, 0.4) is 0 Å². The molecule has 0 bridgehead atoms. The lowest BCUT2D eigenvalue weighted by molar-refractivity contribution is -0.137. The van der Waals surface area contributed by atoms with Gasteiger partial charge in [-0.2, -0.15) is 17.5 Å². The summed E-state index contributed by atoms with van der Waals surface area (Å²) in [6, 6.07) is 24.4. The molecule has 1 heterocycles. The molecule has 234 valence electrons.